The Morgan fingerprint density at radius 2 is 1.53 bits per heavy atom. The van der Waals surface area contributed by atoms with Crippen LogP contribution in [0.1, 0.15) is 41.3 Å². The second-order valence-corrected chi connectivity index (χ2v) is 8.99. The van der Waals surface area contributed by atoms with Crippen molar-refractivity contribution in [3.63, 3.8) is 0 Å². The summed E-state index contributed by atoms with van der Waals surface area (Å²) in [6, 6.07) is 14.8. The third kappa shape index (κ3) is 5.27. The van der Waals surface area contributed by atoms with Gasteiger partial charge < -0.3 is 20.0 Å². The molecule has 0 radical (unpaired) electrons. The molecule has 0 aliphatic carbocycles. The number of carbonyl (C=O) groups is 4. The lowest BCUT2D eigenvalue weighted by molar-refractivity contribution is -0.158. The van der Waals surface area contributed by atoms with Crippen LogP contribution in [-0.2, 0) is 20.9 Å². The van der Waals surface area contributed by atoms with E-state index in [-0.39, 0.29) is 17.9 Å². The van der Waals surface area contributed by atoms with Crippen LogP contribution in [-0.4, -0.2) is 70.5 Å². The Balaban J connectivity index is 1.30. The summed E-state index contributed by atoms with van der Waals surface area (Å²) in [5, 5.41) is 2.69. The minimum absolute atomic E-state index is 0.0378. The maximum absolute atomic E-state index is 12.9. The number of piperidine rings is 1. The molecule has 8 heteroatoms. The highest BCUT2D eigenvalue weighted by Gasteiger charge is 2.38. The molecule has 0 atom stereocenters. The van der Waals surface area contributed by atoms with Gasteiger partial charge in [-0.3, -0.25) is 19.2 Å². The third-order valence-electron chi connectivity index (χ3n) is 6.48. The normalized spacial score (nSPS) is 17.2. The smallest absolute Gasteiger partial charge is 0.312 e. The van der Waals surface area contributed by atoms with Crippen LogP contribution in [0.2, 0.25) is 0 Å². The van der Waals surface area contributed by atoms with E-state index in [1.54, 1.807) is 39.0 Å². The molecule has 0 unspecified atom stereocenters. The van der Waals surface area contributed by atoms with Gasteiger partial charge in [0.25, 0.3) is 5.91 Å². The molecule has 4 amide bonds. The summed E-state index contributed by atoms with van der Waals surface area (Å²) in [6.45, 7) is 5.97. The number of nitrogens with zero attached hydrogens (tertiary/aromatic N) is 3. The van der Waals surface area contributed by atoms with Gasteiger partial charge in [-0.05, 0) is 49.6 Å². The Morgan fingerprint density at radius 3 is 2.15 bits per heavy atom. The number of nitrogens with one attached hydrogen (secondary N) is 1. The summed E-state index contributed by atoms with van der Waals surface area (Å²) < 4.78 is 0. The minimum atomic E-state index is -0.454. The van der Waals surface area contributed by atoms with Gasteiger partial charge in [-0.25, -0.2) is 0 Å². The minimum Gasteiger partial charge on any atom is -0.338 e. The molecule has 2 aromatic carbocycles. The highest BCUT2D eigenvalue weighted by atomic mass is 16.2. The van der Waals surface area contributed by atoms with Crippen molar-refractivity contribution in [2.24, 2.45) is 0 Å². The lowest BCUT2D eigenvalue weighted by Crippen LogP contribution is -2.59. The Hall–Kier alpha value is -3.68. The summed E-state index contributed by atoms with van der Waals surface area (Å²) in [7, 11) is 0. The van der Waals surface area contributed by atoms with Crippen molar-refractivity contribution in [2.45, 2.75) is 39.3 Å². The molecule has 0 spiro atoms. The average Bonchev–Trinajstić information content (AvgIpc) is 2.83. The number of rotatable bonds is 5. The zero-order valence-corrected chi connectivity index (χ0v) is 19.6. The Kier molecular flexibility index (Phi) is 6.95. The quantitative estimate of drug-likeness (QED) is 0.691. The zero-order valence-electron chi connectivity index (χ0n) is 19.6. The Bertz CT molecular complexity index is 1070. The van der Waals surface area contributed by atoms with E-state index in [0.29, 0.717) is 56.8 Å². The number of piperazine rings is 1. The molecule has 0 aromatic heterocycles. The van der Waals surface area contributed by atoms with Crippen LogP contribution in [0.15, 0.2) is 48.5 Å². The summed E-state index contributed by atoms with van der Waals surface area (Å²) in [6.07, 6.45) is 1.29. The fourth-order valence-electron chi connectivity index (χ4n) is 4.57. The molecule has 4 rings (SSSR count). The SMILES string of the molecule is CC(=O)Nc1ccc(C(=O)N2CCC(N3CCN(Cc4ccc(C)cc4)C(=O)C3=O)CC2)cc1. The number of anilines is 1. The first-order valence-electron chi connectivity index (χ1n) is 11.6. The molecule has 2 aromatic rings. The van der Waals surface area contributed by atoms with E-state index in [1.165, 1.54) is 6.92 Å². The Morgan fingerprint density at radius 1 is 0.882 bits per heavy atom. The summed E-state index contributed by atoms with van der Waals surface area (Å²) in [5.74, 6) is -1.13. The van der Waals surface area contributed by atoms with Crippen molar-refractivity contribution in [3.8, 4) is 0 Å². The zero-order chi connectivity index (χ0) is 24.2. The van der Waals surface area contributed by atoms with Gasteiger partial charge in [0.15, 0.2) is 0 Å². The van der Waals surface area contributed by atoms with E-state index in [0.717, 1.165) is 11.1 Å². The lowest BCUT2D eigenvalue weighted by Gasteiger charge is -2.42. The van der Waals surface area contributed by atoms with Gasteiger partial charge in [-0.1, -0.05) is 29.8 Å². The van der Waals surface area contributed by atoms with Crippen LogP contribution >= 0.6 is 0 Å². The van der Waals surface area contributed by atoms with Crippen molar-refractivity contribution in [3.05, 3.63) is 65.2 Å². The van der Waals surface area contributed by atoms with Crippen molar-refractivity contribution in [1.82, 2.24) is 14.7 Å². The van der Waals surface area contributed by atoms with Gasteiger partial charge in [0.05, 0.1) is 0 Å². The number of benzene rings is 2. The van der Waals surface area contributed by atoms with Crippen LogP contribution in [0.3, 0.4) is 0 Å². The second-order valence-electron chi connectivity index (χ2n) is 8.99. The van der Waals surface area contributed by atoms with E-state index in [2.05, 4.69) is 5.32 Å². The standard InChI is InChI=1S/C26H30N4O4/c1-18-3-5-20(6-4-18)17-29-15-16-30(26(34)25(29)33)23-11-13-28(14-12-23)24(32)21-7-9-22(10-8-21)27-19(2)31/h3-10,23H,11-17H2,1-2H3,(H,27,31). The molecule has 2 fully saturated rings. The van der Waals surface area contributed by atoms with E-state index in [9.17, 15) is 19.2 Å². The molecular weight excluding hydrogens is 432 g/mol. The van der Waals surface area contributed by atoms with Crippen molar-refractivity contribution < 1.29 is 19.2 Å². The average molecular weight is 463 g/mol. The second kappa shape index (κ2) is 10.1. The van der Waals surface area contributed by atoms with E-state index >= 15 is 0 Å². The molecule has 34 heavy (non-hydrogen) atoms. The number of carbonyl (C=O) groups excluding carboxylic acids is 4. The predicted molar refractivity (Wildman–Crippen MR) is 128 cm³/mol. The highest BCUT2D eigenvalue weighted by molar-refractivity contribution is 6.35. The maximum Gasteiger partial charge on any atom is 0.312 e. The third-order valence-corrected chi connectivity index (χ3v) is 6.48. The van der Waals surface area contributed by atoms with Crippen LogP contribution in [0.5, 0.6) is 0 Å². The first-order chi connectivity index (χ1) is 16.3. The lowest BCUT2D eigenvalue weighted by atomic mass is 10.0. The predicted octanol–water partition coefficient (Wildman–Crippen LogP) is 2.43. The summed E-state index contributed by atoms with van der Waals surface area (Å²) in [4.78, 5) is 54.7. The van der Waals surface area contributed by atoms with Crippen LogP contribution in [0.4, 0.5) is 5.69 Å². The first-order valence-corrected chi connectivity index (χ1v) is 11.6. The molecule has 178 valence electrons. The number of aryl methyl sites for hydroxylation is 1. The molecular formula is C26H30N4O4. The molecule has 1 N–H and O–H groups in total. The molecule has 2 aliphatic rings. The fraction of sp³-hybridized carbons (Fsp3) is 0.385. The Labute approximate surface area is 199 Å². The number of likely N-dealkylation sites (tertiary alicyclic amines) is 1. The van der Waals surface area contributed by atoms with Crippen molar-refractivity contribution in [2.75, 3.05) is 31.5 Å². The number of hydrogen-bond donors (Lipinski definition) is 1. The van der Waals surface area contributed by atoms with Crippen LogP contribution < -0.4 is 5.32 Å². The summed E-state index contributed by atoms with van der Waals surface area (Å²) >= 11 is 0. The van der Waals surface area contributed by atoms with Gasteiger partial charge in [0.1, 0.15) is 0 Å². The van der Waals surface area contributed by atoms with Gasteiger partial charge in [-0.2, -0.15) is 0 Å². The van der Waals surface area contributed by atoms with Crippen molar-refractivity contribution >= 4 is 29.3 Å². The molecule has 2 saturated heterocycles. The monoisotopic (exact) mass is 462 g/mol. The van der Waals surface area contributed by atoms with E-state index < -0.39 is 11.8 Å². The van der Waals surface area contributed by atoms with Gasteiger partial charge in [-0.15, -0.1) is 0 Å². The van der Waals surface area contributed by atoms with Gasteiger partial charge >= 0.3 is 11.8 Å². The number of hydrogen-bond acceptors (Lipinski definition) is 4. The van der Waals surface area contributed by atoms with E-state index in [4.69, 9.17) is 0 Å². The molecule has 0 bridgehead atoms. The fourth-order valence-corrected chi connectivity index (χ4v) is 4.57. The van der Waals surface area contributed by atoms with Gasteiger partial charge in [0.2, 0.25) is 5.91 Å². The highest BCUT2D eigenvalue weighted by Crippen LogP contribution is 2.22. The molecule has 8 nitrogen and oxygen atoms in total. The van der Waals surface area contributed by atoms with Crippen molar-refractivity contribution in [1.29, 1.82) is 0 Å². The first kappa shape index (κ1) is 23.5. The van der Waals surface area contributed by atoms with Crippen LogP contribution in [0, 0.1) is 6.92 Å². The molecule has 2 aliphatic heterocycles. The largest absolute Gasteiger partial charge is 0.338 e. The number of amides is 4. The summed E-state index contributed by atoms with van der Waals surface area (Å²) in [5.41, 5.74) is 3.37. The molecule has 0 saturated carbocycles. The van der Waals surface area contributed by atoms with E-state index in [1.807, 2.05) is 31.2 Å². The van der Waals surface area contributed by atoms with Crippen LogP contribution in [0.25, 0.3) is 0 Å². The topological polar surface area (TPSA) is 90.0 Å². The maximum atomic E-state index is 12.9. The molecule has 2 heterocycles. The van der Waals surface area contributed by atoms with Gasteiger partial charge in [0, 0.05) is 56.9 Å².